The molecule has 94 valence electrons. The second-order valence-electron chi connectivity index (χ2n) is 4.71. The Balaban J connectivity index is 2.05. The molecule has 0 amide bonds. The van der Waals surface area contributed by atoms with Crippen molar-refractivity contribution >= 4 is 0 Å². The van der Waals surface area contributed by atoms with Crippen LogP contribution < -0.4 is 5.73 Å². The van der Waals surface area contributed by atoms with Gasteiger partial charge in [0.2, 0.25) is 0 Å². The Hall–Kier alpha value is -1.72. The summed E-state index contributed by atoms with van der Waals surface area (Å²) in [5.41, 5.74) is 11.2. The van der Waals surface area contributed by atoms with Gasteiger partial charge in [-0.15, -0.1) is 5.10 Å². The molecule has 1 unspecified atom stereocenters. The fraction of sp³-hybridized carbons (Fsp3) is 0.385. The average molecular weight is 244 g/mol. The lowest BCUT2D eigenvalue weighted by molar-refractivity contribution is 0.134. The van der Waals surface area contributed by atoms with Crippen LogP contribution in [0.15, 0.2) is 18.2 Å². The van der Waals surface area contributed by atoms with E-state index in [1.54, 1.807) is 0 Å². The van der Waals surface area contributed by atoms with Gasteiger partial charge in [0.15, 0.2) is 0 Å². The summed E-state index contributed by atoms with van der Waals surface area (Å²) >= 11 is 0. The lowest BCUT2D eigenvalue weighted by Gasteiger charge is -2.06. The highest BCUT2D eigenvalue weighted by molar-refractivity contribution is 5.42. The van der Waals surface area contributed by atoms with Gasteiger partial charge in [0.25, 0.3) is 0 Å². The van der Waals surface area contributed by atoms with E-state index in [-0.39, 0.29) is 6.04 Å². The Labute approximate surface area is 106 Å². The van der Waals surface area contributed by atoms with E-state index >= 15 is 0 Å². The lowest BCUT2D eigenvalue weighted by Crippen LogP contribution is -2.08. The SMILES string of the molecule is Cc1c(C(C)N)nnn1-c1ccc2c(c1)COC2. The van der Waals surface area contributed by atoms with Crippen LogP contribution in [0.3, 0.4) is 0 Å². The van der Waals surface area contributed by atoms with Gasteiger partial charge in [0, 0.05) is 6.04 Å². The zero-order chi connectivity index (χ0) is 12.7. The molecule has 2 heterocycles. The third-order valence-corrected chi connectivity index (χ3v) is 3.31. The van der Waals surface area contributed by atoms with Crippen LogP contribution in [0.25, 0.3) is 5.69 Å². The first-order valence-corrected chi connectivity index (χ1v) is 6.04. The van der Waals surface area contributed by atoms with Crippen LogP contribution in [0.1, 0.15) is 35.5 Å². The van der Waals surface area contributed by atoms with E-state index in [1.165, 1.54) is 11.1 Å². The third kappa shape index (κ3) is 1.72. The number of nitrogens with two attached hydrogens (primary N) is 1. The van der Waals surface area contributed by atoms with Gasteiger partial charge in [0.05, 0.1) is 24.6 Å². The predicted octanol–water partition coefficient (Wildman–Crippen LogP) is 1.63. The van der Waals surface area contributed by atoms with E-state index in [1.807, 2.05) is 24.6 Å². The molecule has 1 aromatic carbocycles. The highest BCUT2D eigenvalue weighted by Gasteiger charge is 2.16. The predicted molar refractivity (Wildman–Crippen MR) is 67.2 cm³/mol. The summed E-state index contributed by atoms with van der Waals surface area (Å²) in [5.74, 6) is 0. The second kappa shape index (κ2) is 4.19. The van der Waals surface area contributed by atoms with Gasteiger partial charge in [-0.25, -0.2) is 4.68 Å². The fourth-order valence-electron chi connectivity index (χ4n) is 2.30. The molecule has 1 aliphatic heterocycles. The number of fused-ring (bicyclic) bond motifs is 1. The number of benzene rings is 1. The molecule has 5 nitrogen and oxygen atoms in total. The molecule has 0 radical (unpaired) electrons. The van der Waals surface area contributed by atoms with E-state index in [4.69, 9.17) is 10.5 Å². The maximum atomic E-state index is 5.86. The van der Waals surface area contributed by atoms with Crippen molar-refractivity contribution in [2.24, 2.45) is 5.73 Å². The Morgan fingerprint density at radius 3 is 2.83 bits per heavy atom. The van der Waals surface area contributed by atoms with Crippen LogP contribution >= 0.6 is 0 Å². The van der Waals surface area contributed by atoms with Gasteiger partial charge >= 0.3 is 0 Å². The average Bonchev–Trinajstić information content (AvgIpc) is 2.93. The molecule has 1 aliphatic rings. The second-order valence-corrected chi connectivity index (χ2v) is 4.71. The molecule has 1 atom stereocenters. The Bertz CT molecular complexity index is 589. The third-order valence-electron chi connectivity index (χ3n) is 3.31. The first-order chi connectivity index (χ1) is 8.66. The zero-order valence-corrected chi connectivity index (χ0v) is 10.6. The van der Waals surface area contributed by atoms with E-state index in [2.05, 4.69) is 22.4 Å². The quantitative estimate of drug-likeness (QED) is 0.871. The van der Waals surface area contributed by atoms with Gasteiger partial charge < -0.3 is 10.5 Å². The summed E-state index contributed by atoms with van der Waals surface area (Å²) in [6, 6.07) is 6.14. The van der Waals surface area contributed by atoms with E-state index in [9.17, 15) is 0 Å². The number of ether oxygens (including phenoxy) is 1. The van der Waals surface area contributed by atoms with Gasteiger partial charge in [-0.3, -0.25) is 0 Å². The molecule has 18 heavy (non-hydrogen) atoms. The molecule has 2 N–H and O–H groups in total. The van der Waals surface area contributed by atoms with Crippen LogP contribution in [0, 0.1) is 6.92 Å². The summed E-state index contributed by atoms with van der Waals surface area (Å²) in [6.45, 7) is 5.29. The van der Waals surface area contributed by atoms with Crippen LogP contribution in [0.2, 0.25) is 0 Å². The minimum Gasteiger partial charge on any atom is -0.372 e. The summed E-state index contributed by atoms with van der Waals surface area (Å²) in [7, 11) is 0. The van der Waals surface area contributed by atoms with Gasteiger partial charge in [-0.2, -0.15) is 0 Å². The lowest BCUT2D eigenvalue weighted by atomic mass is 10.1. The number of hydrogen-bond donors (Lipinski definition) is 1. The number of rotatable bonds is 2. The highest BCUT2D eigenvalue weighted by Crippen LogP contribution is 2.23. The summed E-state index contributed by atoms with van der Waals surface area (Å²) < 4.78 is 7.24. The zero-order valence-electron chi connectivity index (χ0n) is 10.6. The Morgan fingerprint density at radius 2 is 2.11 bits per heavy atom. The highest BCUT2D eigenvalue weighted by atomic mass is 16.5. The normalized spacial score (nSPS) is 15.7. The first-order valence-electron chi connectivity index (χ1n) is 6.04. The smallest absolute Gasteiger partial charge is 0.102 e. The van der Waals surface area contributed by atoms with Crippen LogP contribution in [-0.2, 0) is 18.0 Å². The molecule has 3 rings (SSSR count). The van der Waals surface area contributed by atoms with Gasteiger partial charge in [-0.1, -0.05) is 11.3 Å². The molecule has 0 aliphatic carbocycles. The fourth-order valence-corrected chi connectivity index (χ4v) is 2.30. The van der Waals surface area contributed by atoms with E-state index in [0.29, 0.717) is 13.2 Å². The minimum atomic E-state index is -0.100. The van der Waals surface area contributed by atoms with Crippen molar-refractivity contribution in [1.29, 1.82) is 0 Å². The molecule has 0 spiro atoms. The number of nitrogens with zero attached hydrogens (tertiary/aromatic N) is 3. The first kappa shape index (κ1) is 11.4. The number of hydrogen-bond acceptors (Lipinski definition) is 4. The molecule has 5 heteroatoms. The summed E-state index contributed by atoms with van der Waals surface area (Å²) in [5, 5.41) is 8.32. The summed E-state index contributed by atoms with van der Waals surface area (Å²) in [4.78, 5) is 0. The van der Waals surface area contributed by atoms with Crippen LogP contribution in [0.4, 0.5) is 0 Å². The maximum Gasteiger partial charge on any atom is 0.102 e. The van der Waals surface area contributed by atoms with Crippen molar-refractivity contribution in [3.05, 3.63) is 40.7 Å². The standard InChI is InChI=1S/C13H16N4O/c1-8(14)13-9(2)17(16-15-13)12-4-3-10-6-18-7-11(10)5-12/h3-5,8H,6-7,14H2,1-2H3. The molecular formula is C13H16N4O. The Kier molecular flexibility index (Phi) is 2.65. The molecule has 1 aromatic heterocycles. The van der Waals surface area contributed by atoms with Crippen molar-refractivity contribution in [3.63, 3.8) is 0 Å². The molecule has 0 bridgehead atoms. The topological polar surface area (TPSA) is 66.0 Å². The van der Waals surface area contributed by atoms with Crippen molar-refractivity contribution < 1.29 is 4.74 Å². The number of aromatic nitrogens is 3. The van der Waals surface area contributed by atoms with Crippen molar-refractivity contribution in [2.75, 3.05) is 0 Å². The van der Waals surface area contributed by atoms with Crippen molar-refractivity contribution in [3.8, 4) is 5.69 Å². The van der Waals surface area contributed by atoms with Crippen molar-refractivity contribution in [2.45, 2.75) is 33.1 Å². The summed E-state index contributed by atoms with van der Waals surface area (Å²) in [6.07, 6.45) is 0. The largest absolute Gasteiger partial charge is 0.372 e. The maximum absolute atomic E-state index is 5.86. The van der Waals surface area contributed by atoms with E-state index < -0.39 is 0 Å². The van der Waals surface area contributed by atoms with Gasteiger partial charge in [-0.05, 0) is 37.1 Å². The van der Waals surface area contributed by atoms with Crippen LogP contribution in [-0.4, -0.2) is 15.0 Å². The monoisotopic (exact) mass is 244 g/mol. The van der Waals surface area contributed by atoms with Crippen molar-refractivity contribution in [1.82, 2.24) is 15.0 Å². The molecule has 0 saturated heterocycles. The van der Waals surface area contributed by atoms with Gasteiger partial charge in [0.1, 0.15) is 5.69 Å². The molecular weight excluding hydrogens is 228 g/mol. The molecule has 0 saturated carbocycles. The molecule has 0 fully saturated rings. The van der Waals surface area contributed by atoms with Crippen LogP contribution in [0.5, 0.6) is 0 Å². The minimum absolute atomic E-state index is 0.100. The Morgan fingerprint density at radius 1 is 1.33 bits per heavy atom. The molecule has 2 aromatic rings. The van der Waals surface area contributed by atoms with E-state index in [0.717, 1.165) is 17.1 Å².